The van der Waals surface area contributed by atoms with Gasteiger partial charge in [0, 0.05) is 28.5 Å². The van der Waals surface area contributed by atoms with Crippen molar-refractivity contribution < 1.29 is 23.7 Å². The molecule has 3 aromatic carbocycles. The lowest BCUT2D eigenvalue weighted by Crippen LogP contribution is -2.25. The lowest BCUT2D eigenvalue weighted by Gasteiger charge is -2.23. The number of hydrogen-bond donors (Lipinski definition) is 0. The Morgan fingerprint density at radius 1 is 1.02 bits per heavy atom. The predicted molar refractivity (Wildman–Crippen MR) is 165 cm³/mol. The largest absolute Gasteiger partial charge is 0.490 e. The summed E-state index contributed by atoms with van der Waals surface area (Å²) in [6.07, 6.45) is 2.35. The molecular formula is C35H36O5S. The van der Waals surface area contributed by atoms with E-state index in [1.165, 1.54) is 26.8 Å². The summed E-state index contributed by atoms with van der Waals surface area (Å²) in [5.74, 6) is 7.40. The summed E-state index contributed by atoms with van der Waals surface area (Å²) >= 11 is 1.74. The number of aryl methyl sites for hydroxylation is 1. The molecule has 0 aliphatic carbocycles. The molecule has 5 rings (SSSR count). The molecule has 2 heterocycles. The van der Waals surface area contributed by atoms with Crippen LogP contribution in [0.5, 0.6) is 11.5 Å². The van der Waals surface area contributed by atoms with E-state index in [0.29, 0.717) is 13.2 Å². The first kappa shape index (κ1) is 28.7. The predicted octanol–water partition coefficient (Wildman–Crippen LogP) is 8.07. The van der Waals surface area contributed by atoms with E-state index in [1.54, 1.807) is 18.3 Å². The van der Waals surface area contributed by atoms with Crippen molar-refractivity contribution in [3.8, 4) is 34.5 Å². The van der Waals surface area contributed by atoms with E-state index < -0.39 is 0 Å². The van der Waals surface area contributed by atoms with Crippen LogP contribution in [-0.2, 0) is 20.9 Å². The second kappa shape index (κ2) is 13.7. The van der Waals surface area contributed by atoms with Crippen molar-refractivity contribution in [1.29, 1.82) is 0 Å². The van der Waals surface area contributed by atoms with Gasteiger partial charge in [-0.25, -0.2) is 0 Å². The van der Waals surface area contributed by atoms with Gasteiger partial charge in [-0.15, -0.1) is 17.3 Å². The van der Waals surface area contributed by atoms with Crippen LogP contribution in [0.25, 0.3) is 21.2 Å². The van der Waals surface area contributed by atoms with Crippen LogP contribution >= 0.6 is 11.3 Å². The molecule has 0 N–H and O–H groups in total. The van der Waals surface area contributed by atoms with Crippen LogP contribution in [0.3, 0.4) is 0 Å². The summed E-state index contributed by atoms with van der Waals surface area (Å²) in [5, 5.41) is 3.41. The first-order valence-corrected chi connectivity index (χ1v) is 15.1. The number of rotatable bonds is 10. The van der Waals surface area contributed by atoms with Gasteiger partial charge in [0.05, 0.1) is 32.2 Å². The summed E-state index contributed by atoms with van der Waals surface area (Å²) in [7, 11) is 0. The van der Waals surface area contributed by atoms with Gasteiger partial charge in [0.25, 0.3) is 0 Å². The van der Waals surface area contributed by atoms with Crippen molar-refractivity contribution in [1.82, 2.24) is 0 Å². The monoisotopic (exact) mass is 568 g/mol. The molecule has 1 aromatic heterocycles. The zero-order valence-electron chi connectivity index (χ0n) is 23.9. The van der Waals surface area contributed by atoms with Crippen molar-refractivity contribution in [3.63, 3.8) is 0 Å². The minimum atomic E-state index is -0.231. The fraction of sp³-hybridized carbons (Fsp3) is 0.343. The van der Waals surface area contributed by atoms with Gasteiger partial charge in [0.1, 0.15) is 24.2 Å². The molecule has 1 aliphatic rings. The van der Waals surface area contributed by atoms with E-state index in [4.69, 9.17) is 18.9 Å². The SMILES string of the molecule is CC#C[C@@H](CC(=O)OCC)c1ccc(COc2ccc3scc(-c4ccc(OC5CCOCC5)cc4C)c3c2)cc1. The van der Waals surface area contributed by atoms with Gasteiger partial charge in [-0.1, -0.05) is 36.3 Å². The van der Waals surface area contributed by atoms with Gasteiger partial charge in [-0.3, -0.25) is 4.79 Å². The average molecular weight is 569 g/mol. The zero-order chi connectivity index (χ0) is 28.6. The molecule has 0 radical (unpaired) electrons. The summed E-state index contributed by atoms with van der Waals surface area (Å²) in [4.78, 5) is 12.0. The molecular weight excluding hydrogens is 532 g/mol. The molecule has 0 amide bonds. The Balaban J connectivity index is 1.27. The van der Waals surface area contributed by atoms with Gasteiger partial charge in [-0.05, 0) is 78.7 Å². The van der Waals surface area contributed by atoms with E-state index in [2.05, 4.69) is 54.5 Å². The van der Waals surface area contributed by atoms with Gasteiger partial charge in [0.2, 0.25) is 0 Å². The molecule has 6 heteroatoms. The van der Waals surface area contributed by atoms with Crippen LogP contribution in [0, 0.1) is 18.8 Å². The Bertz CT molecular complexity index is 1540. The Kier molecular flexibility index (Phi) is 9.61. The molecule has 0 unspecified atom stereocenters. The fourth-order valence-electron chi connectivity index (χ4n) is 5.13. The average Bonchev–Trinajstić information content (AvgIpc) is 3.40. The van der Waals surface area contributed by atoms with Crippen molar-refractivity contribution in [3.05, 3.63) is 82.7 Å². The second-order valence-electron chi connectivity index (χ2n) is 10.2. The highest BCUT2D eigenvalue weighted by atomic mass is 32.1. The summed E-state index contributed by atoms with van der Waals surface area (Å²) in [6.45, 7) is 8.10. The quantitative estimate of drug-likeness (QED) is 0.143. The van der Waals surface area contributed by atoms with Gasteiger partial charge in [-0.2, -0.15) is 0 Å². The minimum absolute atomic E-state index is 0.181. The first-order valence-electron chi connectivity index (χ1n) is 14.2. The van der Waals surface area contributed by atoms with Gasteiger partial charge >= 0.3 is 5.97 Å². The zero-order valence-corrected chi connectivity index (χ0v) is 24.7. The minimum Gasteiger partial charge on any atom is -0.490 e. The molecule has 4 aromatic rings. The third-order valence-electron chi connectivity index (χ3n) is 7.29. The Morgan fingerprint density at radius 2 is 1.80 bits per heavy atom. The summed E-state index contributed by atoms with van der Waals surface area (Å²) < 4.78 is 24.2. The molecule has 41 heavy (non-hydrogen) atoms. The molecule has 0 spiro atoms. The summed E-state index contributed by atoms with van der Waals surface area (Å²) in [5.41, 5.74) is 5.65. The van der Waals surface area contributed by atoms with Gasteiger partial charge < -0.3 is 18.9 Å². The van der Waals surface area contributed by atoms with E-state index in [9.17, 15) is 4.79 Å². The van der Waals surface area contributed by atoms with Gasteiger partial charge in [0.15, 0.2) is 0 Å². The van der Waals surface area contributed by atoms with Crippen LogP contribution in [0.15, 0.2) is 66.0 Å². The standard InChI is InChI=1S/C35H36O5S/c1-4-6-27(20-35(36)38-5-2)26-9-7-25(8-10-26)22-39-29-12-14-34-32(21-29)33(23-41-34)31-13-11-30(19-24(31)3)40-28-15-17-37-18-16-28/h7-14,19,21,23,27-28H,5,15-18,20,22H2,1-3H3/t27-/m0/s1. The molecule has 1 fully saturated rings. The van der Waals surface area contributed by atoms with E-state index in [0.717, 1.165) is 48.7 Å². The van der Waals surface area contributed by atoms with E-state index >= 15 is 0 Å². The number of ether oxygens (including phenoxy) is 4. The third-order valence-corrected chi connectivity index (χ3v) is 8.25. The Hall–Kier alpha value is -3.79. The first-order chi connectivity index (χ1) is 20.0. The number of hydrogen-bond acceptors (Lipinski definition) is 6. The highest BCUT2D eigenvalue weighted by Gasteiger charge is 2.17. The molecule has 5 nitrogen and oxygen atoms in total. The number of carbonyl (C=O) groups excluding carboxylic acids is 1. The van der Waals surface area contributed by atoms with E-state index in [-0.39, 0.29) is 24.4 Å². The van der Waals surface area contributed by atoms with Crippen LogP contribution in [-0.4, -0.2) is 31.9 Å². The number of fused-ring (bicyclic) bond motifs is 1. The maximum Gasteiger partial charge on any atom is 0.307 e. The Labute approximate surface area is 246 Å². The molecule has 1 saturated heterocycles. The molecule has 0 saturated carbocycles. The van der Waals surface area contributed by atoms with Crippen LogP contribution in [0.2, 0.25) is 0 Å². The maximum atomic E-state index is 12.0. The molecule has 212 valence electrons. The topological polar surface area (TPSA) is 54.0 Å². The highest BCUT2D eigenvalue weighted by molar-refractivity contribution is 7.17. The fourth-order valence-corrected chi connectivity index (χ4v) is 6.07. The van der Waals surface area contributed by atoms with Crippen LogP contribution in [0.1, 0.15) is 55.7 Å². The third kappa shape index (κ3) is 7.30. The van der Waals surface area contributed by atoms with Crippen molar-refractivity contribution in [2.75, 3.05) is 19.8 Å². The maximum absolute atomic E-state index is 12.0. The Morgan fingerprint density at radius 3 is 2.54 bits per heavy atom. The van der Waals surface area contributed by atoms with Crippen molar-refractivity contribution in [2.45, 2.75) is 58.7 Å². The van der Waals surface area contributed by atoms with Crippen LogP contribution < -0.4 is 9.47 Å². The molecule has 1 aliphatic heterocycles. The van der Waals surface area contributed by atoms with Crippen molar-refractivity contribution in [2.24, 2.45) is 0 Å². The molecule has 0 bridgehead atoms. The van der Waals surface area contributed by atoms with E-state index in [1.807, 2.05) is 37.3 Å². The lowest BCUT2D eigenvalue weighted by atomic mass is 9.95. The number of carbonyl (C=O) groups is 1. The number of thiophene rings is 1. The molecule has 1 atom stereocenters. The lowest BCUT2D eigenvalue weighted by molar-refractivity contribution is -0.143. The number of benzene rings is 3. The summed E-state index contributed by atoms with van der Waals surface area (Å²) in [6, 6.07) is 20.8. The smallest absolute Gasteiger partial charge is 0.307 e. The number of esters is 1. The van der Waals surface area contributed by atoms with Crippen LogP contribution in [0.4, 0.5) is 0 Å². The second-order valence-corrected chi connectivity index (χ2v) is 11.1. The normalized spacial score (nSPS) is 14.2. The van der Waals surface area contributed by atoms with Crippen molar-refractivity contribution >= 4 is 27.4 Å². The highest BCUT2D eigenvalue weighted by Crippen LogP contribution is 2.38.